The van der Waals surface area contributed by atoms with Gasteiger partial charge in [-0.3, -0.25) is 0 Å². The molecule has 4 aromatic rings. The summed E-state index contributed by atoms with van der Waals surface area (Å²) in [5.74, 6) is 0.484. The summed E-state index contributed by atoms with van der Waals surface area (Å²) in [5, 5.41) is 11.1. The van der Waals surface area contributed by atoms with Crippen molar-refractivity contribution in [1.82, 2.24) is 0 Å². The summed E-state index contributed by atoms with van der Waals surface area (Å²) in [5.41, 5.74) is 10.8. The summed E-state index contributed by atoms with van der Waals surface area (Å²) in [6.45, 7) is 8.91. The van der Waals surface area contributed by atoms with E-state index < -0.39 is 11.9 Å². The van der Waals surface area contributed by atoms with Gasteiger partial charge in [-0.15, -0.1) is 0 Å². The van der Waals surface area contributed by atoms with Gasteiger partial charge in [0.25, 0.3) is 0 Å². The van der Waals surface area contributed by atoms with Crippen LogP contribution in [0.4, 0.5) is 0 Å². The number of esters is 1. The number of ether oxygens (including phenoxy) is 4. The second-order valence-electron chi connectivity index (χ2n) is 11.9. The van der Waals surface area contributed by atoms with E-state index in [2.05, 4.69) is 26.8 Å². The van der Waals surface area contributed by atoms with Gasteiger partial charge in [-0.1, -0.05) is 86.4 Å². The molecule has 1 unspecified atom stereocenters. The molecule has 4 aromatic carbocycles. The van der Waals surface area contributed by atoms with E-state index in [1.54, 1.807) is 48.5 Å². The van der Waals surface area contributed by atoms with Crippen LogP contribution in [0.15, 0.2) is 96.4 Å². The molecule has 0 aromatic heterocycles. The molecule has 0 aliphatic carbocycles. The van der Waals surface area contributed by atoms with Crippen molar-refractivity contribution in [3.63, 3.8) is 0 Å². The van der Waals surface area contributed by atoms with E-state index in [4.69, 9.17) is 47.9 Å². The lowest BCUT2D eigenvalue weighted by molar-refractivity contribution is -0.128. The molecular formula is C38H34Cl2N2O5. The minimum atomic E-state index is -0.566. The quantitative estimate of drug-likeness (QED) is 0.108. The van der Waals surface area contributed by atoms with E-state index in [1.165, 1.54) is 11.6 Å². The Balaban J connectivity index is 1.37. The zero-order valence-electron chi connectivity index (χ0n) is 26.5. The number of allylic oxidation sites excluding steroid dienone is 1. The zero-order chi connectivity index (χ0) is 33.7. The van der Waals surface area contributed by atoms with Crippen LogP contribution in [0.1, 0.15) is 61.4 Å². The van der Waals surface area contributed by atoms with Crippen molar-refractivity contribution in [2.75, 3.05) is 6.61 Å². The second kappa shape index (κ2) is 14.3. The Labute approximate surface area is 284 Å². The first-order valence-corrected chi connectivity index (χ1v) is 15.8. The summed E-state index contributed by atoms with van der Waals surface area (Å²) in [7, 11) is 0. The van der Waals surface area contributed by atoms with Crippen LogP contribution in [0.5, 0.6) is 23.0 Å². The van der Waals surface area contributed by atoms with Crippen LogP contribution >= 0.6 is 23.2 Å². The van der Waals surface area contributed by atoms with E-state index in [1.807, 2.05) is 43.3 Å². The van der Waals surface area contributed by atoms with Gasteiger partial charge >= 0.3 is 5.97 Å². The molecule has 0 fully saturated rings. The van der Waals surface area contributed by atoms with Crippen LogP contribution in [0.2, 0.25) is 10.0 Å². The number of benzene rings is 4. The summed E-state index contributed by atoms with van der Waals surface area (Å²) in [4.78, 5) is 12.7. The Morgan fingerprint density at radius 2 is 1.74 bits per heavy atom. The maximum Gasteiger partial charge on any atom is 0.336 e. The summed E-state index contributed by atoms with van der Waals surface area (Å²) < 4.78 is 23.4. The molecule has 0 spiro atoms. The second-order valence-corrected chi connectivity index (χ2v) is 12.8. The first-order chi connectivity index (χ1) is 22.5. The summed E-state index contributed by atoms with van der Waals surface area (Å²) in [6.07, 6.45) is 3.07. The Bertz CT molecular complexity index is 1900. The fraction of sp³-hybridized carbons (Fsp3) is 0.211. The molecule has 5 rings (SSSR count). The number of nitrogens with zero attached hydrogens (tertiary/aromatic N) is 1. The molecule has 0 saturated heterocycles. The molecule has 2 N–H and O–H groups in total. The fourth-order valence-corrected chi connectivity index (χ4v) is 5.60. The van der Waals surface area contributed by atoms with Crippen molar-refractivity contribution in [3.05, 3.63) is 134 Å². The Morgan fingerprint density at radius 3 is 2.43 bits per heavy atom. The van der Waals surface area contributed by atoms with Gasteiger partial charge < -0.3 is 24.7 Å². The number of nitriles is 1. The van der Waals surface area contributed by atoms with Crippen LogP contribution < -0.4 is 24.7 Å². The van der Waals surface area contributed by atoms with E-state index in [0.717, 1.165) is 16.7 Å². The molecule has 0 radical (unpaired) electrons. The third-order valence-electron chi connectivity index (χ3n) is 7.60. The van der Waals surface area contributed by atoms with Crippen LogP contribution in [-0.4, -0.2) is 12.6 Å². The number of carbonyl (C=O) groups is 1. The smallest absolute Gasteiger partial charge is 0.336 e. The lowest BCUT2D eigenvalue weighted by Gasteiger charge is -2.27. The molecule has 9 heteroatoms. The van der Waals surface area contributed by atoms with Gasteiger partial charge in [-0.25, -0.2) is 4.79 Å². The van der Waals surface area contributed by atoms with Gasteiger partial charge in [0.2, 0.25) is 5.88 Å². The van der Waals surface area contributed by atoms with Gasteiger partial charge in [0.15, 0.2) is 11.5 Å². The molecule has 47 heavy (non-hydrogen) atoms. The third-order valence-corrected chi connectivity index (χ3v) is 8.18. The minimum Gasteiger partial charge on any atom is -0.490 e. The number of fused-ring (bicyclic) bond motifs is 1. The highest BCUT2D eigenvalue weighted by Crippen LogP contribution is 2.45. The molecule has 1 aliphatic rings. The van der Waals surface area contributed by atoms with Crippen molar-refractivity contribution < 1.29 is 23.7 Å². The van der Waals surface area contributed by atoms with Crippen molar-refractivity contribution in [2.45, 2.75) is 45.6 Å². The van der Waals surface area contributed by atoms with Crippen LogP contribution in [0, 0.1) is 11.3 Å². The lowest BCUT2D eigenvalue weighted by Crippen LogP contribution is -2.21. The zero-order valence-corrected chi connectivity index (χ0v) is 28.0. The average molecular weight is 670 g/mol. The number of nitrogens with two attached hydrogens (primary N) is 1. The van der Waals surface area contributed by atoms with E-state index in [0.29, 0.717) is 39.5 Å². The van der Waals surface area contributed by atoms with E-state index in [-0.39, 0.29) is 29.2 Å². The van der Waals surface area contributed by atoms with Crippen molar-refractivity contribution in [1.29, 1.82) is 5.26 Å². The molecule has 0 saturated carbocycles. The molecule has 0 amide bonds. The summed E-state index contributed by atoms with van der Waals surface area (Å²) >= 11 is 12.4. The van der Waals surface area contributed by atoms with Crippen molar-refractivity contribution >= 4 is 35.2 Å². The highest BCUT2D eigenvalue weighted by Gasteiger charge is 2.32. The first-order valence-electron chi connectivity index (χ1n) is 15.0. The maximum atomic E-state index is 12.7. The highest BCUT2D eigenvalue weighted by atomic mass is 35.5. The predicted octanol–water partition coefficient (Wildman–Crippen LogP) is 9.11. The monoisotopic (exact) mass is 668 g/mol. The molecule has 1 atom stereocenters. The van der Waals surface area contributed by atoms with Gasteiger partial charge in [0.05, 0.1) is 12.5 Å². The van der Waals surface area contributed by atoms with Gasteiger partial charge in [0, 0.05) is 33.3 Å². The van der Waals surface area contributed by atoms with Crippen LogP contribution in [0.25, 0.3) is 6.08 Å². The number of hydrogen-bond acceptors (Lipinski definition) is 7. The molecule has 7 nitrogen and oxygen atoms in total. The number of hydrogen-bond donors (Lipinski definition) is 1. The summed E-state index contributed by atoms with van der Waals surface area (Å²) in [6, 6.07) is 25.9. The highest BCUT2D eigenvalue weighted by molar-refractivity contribution is 6.35. The van der Waals surface area contributed by atoms with Gasteiger partial charge in [-0.2, -0.15) is 5.26 Å². The van der Waals surface area contributed by atoms with Crippen molar-refractivity contribution in [2.24, 2.45) is 5.73 Å². The van der Waals surface area contributed by atoms with Gasteiger partial charge in [0.1, 0.15) is 29.7 Å². The Morgan fingerprint density at radius 1 is 0.979 bits per heavy atom. The molecular weight excluding hydrogens is 635 g/mol. The largest absolute Gasteiger partial charge is 0.490 e. The van der Waals surface area contributed by atoms with Crippen LogP contribution in [0.3, 0.4) is 0 Å². The Hall–Kier alpha value is -4.90. The molecule has 1 heterocycles. The molecule has 240 valence electrons. The number of halogens is 2. The topological polar surface area (TPSA) is 104 Å². The standard InChI is InChI=1S/C38H34Cl2N2O5/c1-5-44-34-18-24(10-16-32(34)45-22-25-9-13-27(39)19-31(25)40)36-29-15-14-28(20-33(29)47-37(42)30(36)21-41)46-35(43)17-8-23-6-11-26(12-7-23)38(2,3)4/h6-20,36H,5,22,42H2,1-4H3/b17-8+. The minimum absolute atomic E-state index is 0.0391. The van der Waals surface area contributed by atoms with Crippen molar-refractivity contribution in [3.8, 4) is 29.1 Å². The number of rotatable bonds is 9. The maximum absolute atomic E-state index is 12.7. The molecule has 0 bridgehead atoms. The number of carbonyl (C=O) groups excluding carboxylic acids is 1. The fourth-order valence-electron chi connectivity index (χ4n) is 5.14. The lowest BCUT2D eigenvalue weighted by atomic mass is 9.83. The van der Waals surface area contributed by atoms with Crippen LogP contribution in [-0.2, 0) is 16.8 Å². The molecule has 1 aliphatic heterocycles. The third kappa shape index (κ3) is 7.91. The SMILES string of the molecule is CCOc1cc(C2C(C#N)=C(N)Oc3cc(OC(=O)/C=C/c4ccc(C(C)(C)C)cc4)ccc32)ccc1OCc1ccc(Cl)cc1Cl. The average Bonchev–Trinajstić information content (AvgIpc) is 3.03. The Kier molecular flexibility index (Phi) is 10.1. The predicted molar refractivity (Wildman–Crippen MR) is 184 cm³/mol. The normalized spacial score (nSPS) is 14.3. The van der Waals surface area contributed by atoms with E-state index >= 15 is 0 Å². The van der Waals surface area contributed by atoms with Gasteiger partial charge in [-0.05, 0) is 65.4 Å². The first kappa shape index (κ1) is 33.5. The van der Waals surface area contributed by atoms with E-state index in [9.17, 15) is 10.1 Å².